The number of hydrogen-bond acceptors (Lipinski definition) is 2. The minimum atomic E-state index is -0.206. The molecule has 1 aromatic rings. The van der Waals surface area contributed by atoms with Gasteiger partial charge in [0, 0.05) is 19.1 Å². The van der Waals surface area contributed by atoms with Crippen LogP contribution in [0, 0.1) is 5.82 Å². The Balaban J connectivity index is 2.05. The van der Waals surface area contributed by atoms with Crippen LogP contribution >= 0.6 is 15.9 Å². The largest absolute Gasteiger partial charge is 0.378 e. The van der Waals surface area contributed by atoms with E-state index >= 15 is 0 Å². The Bertz CT molecular complexity index is 386. The molecule has 1 heterocycles. The Morgan fingerprint density at radius 3 is 3.06 bits per heavy atom. The van der Waals surface area contributed by atoms with Crippen LogP contribution in [0.4, 0.5) is 4.39 Å². The van der Waals surface area contributed by atoms with Crippen molar-refractivity contribution >= 4 is 15.9 Å². The highest BCUT2D eigenvalue weighted by Gasteiger charge is 2.21. The molecule has 1 aromatic carbocycles. The summed E-state index contributed by atoms with van der Waals surface area (Å²) >= 11 is 3.22. The van der Waals surface area contributed by atoms with E-state index in [-0.39, 0.29) is 5.82 Å². The van der Waals surface area contributed by atoms with Crippen molar-refractivity contribution in [2.75, 3.05) is 19.8 Å². The summed E-state index contributed by atoms with van der Waals surface area (Å²) in [5, 5.41) is 0. The normalized spacial score (nSPS) is 21.7. The molecule has 0 unspecified atom stereocenters. The zero-order valence-corrected chi connectivity index (χ0v) is 11.5. The highest BCUT2D eigenvalue weighted by Crippen LogP contribution is 2.20. The maximum atomic E-state index is 13.1. The highest BCUT2D eigenvalue weighted by molar-refractivity contribution is 9.10. The first-order chi connectivity index (χ1) is 8.20. The summed E-state index contributed by atoms with van der Waals surface area (Å²) in [5.41, 5.74) is 1.14. The molecule has 0 saturated carbocycles. The van der Waals surface area contributed by atoms with Crippen LogP contribution in [0.15, 0.2) is 22.7 Å². The number of halogens is 2. The van der Waals surface area contributed by atoms with Crippen molar-refractivity contribution in [3.63, 3.8) is 0 Å². The molecule has 1 aliphatic rings. The van der Waals surface area contributed by atoms with E-state index in [1.165, 1.54) is 6.07 Å². The van der Waals surface area contributed by atoms with Crippen molar-refractivity contribution in [1.29, 1.82) is 0 Å². The standard InChI is InChI=1S/C13H17BrFNO/c1-2-11-9-17-6-5-16(11)8-10-3-4-13(15)12(14)7-10/h3-4,7,11H,2,5-6,8-9H2,1H3/t11-/m1/s1. The number of benzene rings is 1. The predicted octanol–water partition coefficient (Wildman–Crippen LogP) is 3.20. The molecule has 0 aromatic heterocycles. The first-order valence-electron chi connectivity index (χ1n) is 5.96. The SMILES string of the molecule is CC[C@@H]1COCCN1Cc1ccc(F)c(Br)c1. The number of ether oxygens (including phenoxy) is 1. The fourth-order valence-electron chi connectivity index (χ4n) is 2.15. The lowest BCUT2D eigenvalue weighted by Gasteiger charge is -2.35. The summed E-state index contributed by atoms with van der Waals surface area (Å²) in [7, 11) is 0. The highest BCUT2D eigenvalue weighted by atomic mass is 79.9. The summed E-state index contributed by atoms with van der Waals surface area (Å²) < 4.78 is 19.2. The van der Waals surface area contributed by atoms with Gasteiger partial charge < -0.3 is 4.74 Å². The Labute approximate surface area is 110 Å². The molecule has 0 bridgehead atoms. The molecule has 94 valence electrons. The zero-order valence-electron chi connectivity index (χ0n) is 9.96. The Kier molecular flexibility index (Phi) is 4.54. The third kappa shape index (κ3) is 3.27. The van der Waals surface area contributed by atoms with E-state index < -0.39 is 0 Å². The molecule has 1 fully saturated rings. The minimum Gasteiger partial charge on any atom is -0.378 e. The smallest absolute Gasteiger partial charge is 0.137 e. The van der Waals surface area contributed by atoms with Crippen LogP contribution in [0.5, 0.6) is 0 Å². The fraction of sp³-hybridized carbons (Fsp3) is 0.538. The molecule has 0 aliphatic carbocycles. The quantitative estimate of drug-likeness (QED) is 0.850. The second kappa shape index (κ2) is 5.94. The lowest BCUT2D eigenvalue weighted by Crippen LogP contribution is -2.44. The van der Waals surface area contributed by atoms with Gasteiger partial charge in [0.15, 0.2) is 0 Å². The van der Waals surface area contributed by atoms with E-state index in [9.17, 15) is 4.39 Å². The van der Waals surface area contributed by atoms with Gasteiger partial charge in [-0.2, -0.15) is 0 Å². The number of hydrogen-bond donors (Lipinski definition) is 0. The van der Waals surface area contributed by atoms with Crippen LogP contribution < -0.4 is 0 Å². The van der Waals surface area contributed by atoms with Crippen LogP contribution in [-0.2, 0) is 11.3 Å². The summed E-state index contributed by atoms with van der Waals surface area (Å²) in [6, 6.07) is 5.70. The monoisotopic (exact) mass is 301 g/mol. The van der Waals surface area contributed by atoms with Gasteiger partial charge in [-0.25, -0.2) is 4.39 Å². The van der Waals surface area contributed by atoms with E-state index in [0.717, 1.165) is 38.3 Å². The molecule has 2 rings (SSSR count). The average molecular weight is 302 g/mol. The molecular formula is C13H17BrFNO. The molecule has 0 radical (unpaired) electrons. The van der Waals surface area contributed by atoms with Crippen molar-refractivity contribution in [2.24, 2.45) is 0 Å². The van der Waals surface area contributed by atoms with Gasteiger partial charge in [-0.1, -0.05) is 13.0 Å². The summed E-state index contributed by atoms with van der Waals surface area (Å²) in [4.78, 5) is 2.41. The first-order valence-corrected chi connectivity index (χ1v) is 6.75. The van der Waals surface area contributed by atoms with E-state index in [1.54, 1.807) is 0 Å². The zero-order chi connectivity index (χ0) is 12.3. The molecule has 2 nitrogen and oxygen atoms in total. The van der Waals surface area contributed by atoms with Gasteiger partial charge in [0.1, 0.15) is 5.82 Å². The Hall–Kier alpha value is -0.450. The van der Waals surface area contributed by atoms with Gasteiger partial charge in [0.25, 0.3) is 0 Å². The van der Waals surface area contributed by atoms with Gasteiger partial charge in [-0.05, 0) is 40.0 Å². The molecule has 0 amide bonds. The maximum absolute atomic E-state index is 13.1. The average Bonchev–Trinajstić information content (AvgIpc) is 2.34. The van der Waals surface area contributed by atoms with Crippen molar-refractivity contribution < 1.29 is 9.13 Å². The number of rotatable bonds is 3. The predicted molar refractivity (Wildman–Crippen MR) is 69.4 cm³/mol. The van der Waals surface area contributed by atoms with Crippen LogP contribution in [0.25, 0.3) is 0 Å². The third-order valence-electron chi connectivity index (χ3n) is 3.19. The first kappa shape index (κ1) is 13.0. The molecule has 0 spiro atoms. The van der Waals surface area contributed by atoms with Gasteiger partial charge >= 0.3 is 0 Å². The van der Waals surface area contributed by atoms with Crippen LogP contribution in [-0.4, -0.2) is 30.7 Å². The van der Waals surface area contributed by atoms with Gasteiger partial charge in [-0.15, -0.1) is 0 Å². The maximum Gasteiger partial charge on any atom is 0.137 e. The second-order valence-electron chi connectivity index (χ2n) is 4.36. The van der Waals surface area contributed by atoms with Crippen LogP contribution in [0.3, 0.4) is 0 Å². The lowest BCUT2D eigenvalue weighted by molar-refractivity contribution is -0.0127. The molecule has 1 aliphatic heterocycles. The van der Waals surface area contributed by atoms with Crippen LogP contribution in [0.1, 0.15) is 18.9 Å². The molecular weight excluding hydrogens is 285 g/mol. The van der Waals surface area contributed by atoms with E-state index in [1.807, 2.05) is 12.1 Å². The summed E-state index contributed by atoms with van der Waals surface area (Å²) in [6.45, 7) is 5.58. The molecule has 1 atom stereocenters. The second-order valence-corrected chi connectivity index (χ2v) is 5.21. The Morgan fingerprint density at radius 2 is 2.35 bits per heavy atom. The fourth-order valence-corrected chi connectivity index (χ4v) is 2.57. The number of morpholine rings is 1. The summed E-state index contributed by atoms with van der Waals surface area (Å²) in [6.07, 6.45) is 1.09. The minimum absolute atomic E-state index is 0.206. The lowest BCUT2D eigenvalue weighted by atomic mass is 10.1. The molecule has 4 heteroatoms. The van der Waals surface area contributed by atoms with E-state index in [4.69, 9.17) is 4.74 Å². The van der Waals surface area contributed by atoms with Gasteiger partial charge in [0.05, 0.1) is 17.7 Å². The van der Waals surface area contributed by atoms with Crippen molar-refractivity contribution in [3.05, 3.63) is 34.1 Å². The molecule has 17 heavy (non-hydrogen) atoms. The van der Waals surface area contributed by atoms with Crippen LogP contribution in [0.2, 0.25) is 0 Å². The number of nitrogens with zero attached hydrogens (tertiary/aromatic N) is 1. The summed E-state index contributed by atoms with van der Waals surface area (Å²) in [5.74, 6) is -0.206. The van der Waals surface area contributed by atoms with Crippen molar-refractivity contribution in [2.45, 2.75) is 25.9 Å². The van der Waals surface area contributed by atoms with Crippen molar-refractivity contribution in [1.82, 2.24) is 4.90 Å². The van der Waals surface area contributed by atoms with E-state index in [0.29, 0.717) is 10.5 Å². The Morgan fingerprint density at radius 1 is 1.53 bits per heavy atom. The third-order valence-corrected chi connectivity index (χ3v) is 3.80. The molecule has 1 saturated heterocycles. The van der Waals surface area contributed by atoms with E-state index in [2.05, 4.69) is 27.8 Å². The topological polar surface area (TPSA) is 12.5 Å². The molecule has 0 N–H and O–H groups in total. The van der Waals surface area contributed by atoms with Gasteiger partial charge in [0.2, 0.25) is 0 Å². The van der Waals surface area contributed by atoms with Crippen molar-refractivity contribution in [3.8, 4) is 0 Å². The van der Waals surface area contributed by atoms with Gasteiger partial charge in [-0.3, -0.25) is 4.90 Å².